The molecular weight excluding hydrogens is 206 g/mol. The molecule has 0 amide bonds. The van der Waals surface area contributed by atoms with Gasteiger partial charge in [0.1, 0.15) is 0 Å². The maximum Gasteiger partial charge on any atom is 0.0434 e. The summed E-state index contributed by atoms with van der Waals surface area (Å²) < 4.78 is 0. The van der Waals surface area contributed by atoms with E-state index in [1.165, 1.54) is 48.9 Å². The molecule has 0 spiro atoms. The van der Waals surface area contributed by atoms with Crippen LogP contribution < -0.4 is 0 Å². The van der Waals surface area contributed by atoms with Gasteiger partial charge in [-0.15, -0.1) is 0 Å². The SMILES string of the molecule is CCC1=CC(c2ccc(C3CC3)nc2)=CCC1. The third kappa shape index (κ3) is 2.33. The summed E-state index contributed by atoms with van der Waals surface area (Å²) in [5, 5.41) is 0. The molecule has 1 aromatic rings. The first-order chi connectivity index (χ1) is 8.36. The molecule has 2 aliphatic carbocycles. The van der Waals surface area contributed by atoms with Crippen molar-refractivity contribution in [2.45, 2.75) is 44.9 Å². The number of hydrogen-bond donors (Lipinski definition) is 0. The molecule has 1 heteroatoms. The Morgan fingerprint density at radius 3 is 2.82 bits per heavy atom. The Morgan fingerprint density at radius 2 is 2.18 bits per heavy atom. The topological polar surface area (TPSA) is 12.9 Å². The van der Waals surface area contributed by atoms with Crippen molar-refractivity contribution in [1.82, 2.24) is 4.98 Å². The van der Waals surface area contributed by atoms with Crippen molar-refractivity contribution >= 4 is 5.57 Å². The van der Waals surface area contributed by atoms with Gasteiger partial charge in [0, 0.05) is 17.8 Å². The lowest BCUT2D eigenvalue weighted by Gasteiger charge is -2.12. The van der Waals surface area contributed by atoms with Crippen LogP contribution in [0.5, 0.6) is 0 Å². The molecule has 0 aromatic carbocycles. The minimum Gasteiger partial charge on any atom is -0.260 e. The summed E-state index contributed by atoms with van der Waals surface area (Å²) >= 11 is 0. The van der Waals surface area contributed by atoms with Gasteiger partial charge in [0.15, 0.2) is 0 Å². The van der Waals surface area contributed by atoms with Gasteiger partial charge in [-0.25, -0.2) is 0 Å². The highest BCUT2D eigenvalue weighted by molar-refractivity contribution is 5.75. The number of aromatic nitrogens is 1. The average Bonchev–Trinajstić information content (AvgIpc) is 3.23. The van der Waals surface area contributed by atoms with Crippen molar-refractivity contribution in [3.8, 4) is 0 Å². The zero-order valence-electron chi connectivity index (χ0n) is 10.4. The van der Waals surface area contributed by atoms with E-state index >= 15 is 0 Å². The maximum absolute atomic E-state index is 4.60. The van der Waals surface area contributed by atoms with Crippen LogP contribution in [0.15, 0.2) is 36.1 Å². The summed E-state index contributed by atoms with van der Waals surface area (Å²) in [4.78, 5) is 4.60. The summed E-state index contributed by atoms with van der Waals surface area (Å²) in [6, 6.07) is 4.45. The van der Waals surface area contributed by atoms with Crippen molar-refractivity contribution in [2.75, 3.05) is 0 Å². The molecule has 1 nitrogen and oxygen atoms in total. The van der Waals surface area contributed by atoms with Gasteiger partial charge in [0.05, 0.1) is 0 Å². The molecule has 0 aliphatic heterocycles. The zero-order valence-corrected chi connectivity index (χ0v) is 10.4. The molecule has 3 rings (SSSR count). The highest BCUT2D eigenvalue weighted by Gasteiger charge is 2.24. The molecule has 1 saturated carbocycles. The Kier molecular flexibility index (Phi) is 2.84. The van der Waals surface area contributed by atoms with E-state index in [1.54, 1.807) is 5.57 Å². The Labute approximate surface area is 103 Å². The third-order valence-corrected chi connectivity index (χ3v) is 3.76. The second-order valence-electron chi connectivity index (χ2n) is 5.10. The molecule has 17 heavy (non-hydrogen) atoms. The third-order valence-electron chi connectivity index (χ3n) is 3.76. The first-order valence-electron chi connectivity index (χ1n) is 6.72. The lowest BCUT2D eigenvalue weighted by atomic mass is 9.94. The van der Waals surface area contributed by atoms with Gasteiger partial charge in [-0.2, -0.15) is 0 Å². The lowest BCUT2D eigenvalue weighted by molar-refractivity contribution is 0.898. The van der Waals surface area contributed by atoms with Crippen molar-refractivity contribution < 1.29 is 0 Å². The number of pyridine rings is 1. The smallest absolute Gasteiger partial charge is 0.0434 e. The monoisotopic (exact) mass is 225 g/mol. The molecule has 88 valence electrons. The Morgan fingerprint density at radius 1 is 1.29 bits per heavy atom. The normalized spacial score (nSPS) is 19.8. The van der Waals surface area contributed by atoms with Crippen LogP contribution in [0, 0.1) is 0 Å². The van der Waals surface area contributed by atoms with Crippen molar-refractivity contribution in [3.63, 3.8) is 0 Å². The molecule has 0 atom stereocenters. The summed E-state index contributed by atoms with van der Waals surface area (Å²) in [6.45, 7) is 2.24. The molecule has 0 radical (unpaired) electrons. The standard InChI is InChI=1S/C16H19N/c1-2-12-4-3-5-14(10-12)15-8-9-16(17-11-15)13-6-7-13/h5,8-11,13H,2-4,6-7H2,1H3. The quantitative estimate of drug-likeness (QED) is 0.739. The number of hydrogen-bond acceptors (Lipinski definition) is 1. The summed E-state index contributed by atoms with van der Waals surface area (Å²) in [7, 11) is 0. The van der Waals surface area contributed by atoms with E-state index in [4.69, 9.17) is 0 Å². The summed E-state index contributed by atoms with van der Waals surface area (Å²) in [5.41, 5.74) is 5.49. The van der Waals surface area contributed by atoms with Crippen LogP contribution in [0.25, 0.3) is 5.57 Å². The average molecular weight is 225 g/mol. The van der Waals surface area contributed by atoms with Crippen LogP contribution in [0.2, 0.25) is 0 Å². The van der Waals surface area contributed by atoms with Gasteiger partial charge in [-0.05, 0) is 49.3 Å². The van der Waals surface area contributed by atoms with Gasteiger partial charge < -0.3 is 0 Å². The molecule has 1 aromatic heterocycles. The van der Waals surface area contributed by atoms with Gasteiger partial charge in [-0.3, -0.25) is 4.98 Å². The molecule has 1 fully saturated rings. The molecule has 2 aliphatic rings. The predicted molar refractivity (Wildman–Crippen MR) is 71.8 cm³/mol. The van der Waals surface area contributed by atoms with E-state index in [9.17, 15) is 0 Å². The highest BCUT2D eigenvalue weighted by atomic mass is 14.7. The predicted octanol–water partition coefficient (Wildman–Crippen LogP) is 4.47. The molecular formula is C16H19N. The van der Waals surface area contributed by atoms with Crippen molar-refractivity contribution in [2.24, 2.45) is 0 Å². The van der Waals surface area contributed by atoms with Crippen LogP contribution in [-0.2, 0) is 0 Å². The minimum absolute atomic E-state index is 0.756. The zero-order chi connectivity index (χ0) is 11.7. The molecule has 0 unspecified atom stereocenters. The van der Waals surface area contributed by atoms with Crippen LogP contribution in [0.4, 0.5) is 0 Å². The van der Waals surface area contributed by atoms with Crippen LogP contribution in [-0.4, -0.2) is 4.98 Å². The number of nitrogens with zero attached hydrogens (tertiary/aromatic N) is 1. The van der Waals surface area contributed by atoms with E-state index in [2.05, 4.69) is 42.4 Å². The van der Waals surface area contributed by atoms with Crippen LogP contribution in [0.1, 0.15) is 56.2 Å². The fraction of sp³-hybridized carbons (Fsp3) is 0.438. The Balaban J connectivity index is 1.83. The van der Waals surface area contributed by atoms with Crippen LogP contribution in [0.3, 0.4) is 0 Å². The molecule has 0 saturated heterocycles. The first-order valence-corrected chi connectivity index (χ1v) is 6.72. The van der Waals surface area contributed by atoms with Crippen molar-refractivity contribution in [1.29, 1.82) is 0 Å². The highest BCUT2D eigenvalue weighted by Crippen LogP contribution is 2.39. The van der Waals surface area contributed by atoms with Crippen LogP contribution >= 0.6 is 0 Å². The summed E-state index contributed by atoms with van der Waals surface area (Å²) in [5.74, 6) is 0.756. The first kappa shape index (κ1) is 10.8. The van der Waals surface area contributed by atoms with Gasteiger partial charge in [0.25, 0.3) is 0 Å². The summed E-state index contributed by atoms with van der Waals surface area (Å²) in [6.07, 6.45) is 13.0. The minimum atomic E-state index is 0.756. The lowest BCUT2D eigenvalue weighted by Crippen LogP contribution is -1.94. The number of allylic oxidation sites excluding steroid dienone is 4. The second-order valence-corrected chi connectivity index (χ2v) is 5.10. The fourth-order valence-corrected chi connectivity index (χ4v) is 2.44. The Bertz CT molecular complexity index is 461. The van der Waals surface area contributed by atoms with Gasteiger partial charge in [-0.1, -0.05) is 30.7 Å². The van der Waals surface area contributed by atoms with E-state index in [1.807, 2.05) is 0 Å². The van der Waals surface area contributed by atoms with Crippen molar-refractivity contribution in [3.05, 3.63) is 47.3 Å². The van der Waals surface area contributed by atoms with E-state index in [0.29, 0.717) is 0 Å². The van der Waals surface area contributed by atoms with Gasteiger partial charge >= 0.3 is 0 Å². The Hall–Kier alpha value is -1.37. The largest absolute Gasteiger partial charge is 0.260 e. The van der Waals surface area contributed by atoms with E-state index in [-0.39, 0.29) is 0 Å². The molecule has 0 bridgehead atoms. The molecule has 0 N–H and O–H groups in total. The molecule has 1 heterocycles. The van der Waals surface area contributed by atoms with E-state index in [0.717, 1.165) is 5.92 Å². The number of rotatable bonds is 3. The van der Waals surface area contributed by atoms with Gasteiger partial charge in [0.2, 0.25) is 0 Å². The fourth-order valence-electron chi connectivity index (χ4n) is 2.44. The second kappa shape index (κ2) is 4.48. The maximum atomic E-state index is 4.60. The van der Waals surface area contributed by atoms with E-state index < -0.39 is 0 Å².